The Balaban J connectivity index is 2.39. The topological polar surface area (TPSA) is 56.7 Å². The summed E-state index contributed by atoms with van der Waals surface area (Å²) in [6.07, 6.45) is 8.37. The number of aromatic nitrogens is 3. The second-order valence-electron chi connectivity index (χ2n) is 3.94. The maximum Gasteiger partial charge on any atom is 0.0934 e. The first kappa shape index (κ1) is 12.5. The van der Waals surface area contributed by atoms with Crippen LogP contribution in [0.4, 0.5) is 0 Å². The van der Waals surface area contributed by atoms with Crippen molar-refractivity contribution >= 4 is 22.6 Å². The molecule has 0 aliphatic heterocycles. The summed E-state index contributed by atoms with van der Waals surface area (Å²) in [7, 11) is 0. The fourth-order valence-corrected chi connectivity index (χ4v) is 2.25. The van der Waals surface area contributed by atoms with Gasteiger partial charge in [0.25, 0.3) is 0 Å². The third-order valence-corrected chi connectivity index (χ3v) is 3.31. The van der Waals surface area contributed by atoms with Crippen LogP contribution in [0.5, 0.6) is 0 Å². The average molecular weight is 342 g/mol. The van der Waals surface area contributed by atoms with E-state index in [-0.39, 0.29) is 12.1 Å². The molecule has 2 atom stereocenters. The predicted octanol–water partition coefficient (Wildman–Crippen LogP) is 2.21. The first-order chi connectivity index (χ1) is 8.22. The van der Waals surface area contributed by atoms with Crippen LogP contribution in [0.25, 0.3) is 0 Å². The van der Waals surface area contributed by atoms with E-state index in [9.17, 15) is 0 Å². The number of nitrogens with zero attached hydrogens (tertiary/aromatic N) is 3. The Morgan fingerprint density at radius 1 is 1.47 bits per heavy atom. The van der Waals surface area contributed by atoms with Gasteiger partial charge in [0, 0.05) is 24.6 Å². The number of hydrogen-bond acceptors (Lipinski definition) is 3. The van der Waals surface area contributed by atoms with Gasteiger partial charge in [-0.1, -0.05) is 13.0 Å². The third kappa shape index (κ3) is 2.84. The lowest BCUT2D eigenvalue weighted by molar-refractivity contribution is 0.423. The summed E-state index contributed by atoms with van der Waals surface area (Å²) in [6.45, 7) is 2.09. The summed E-state index contributed by atoms with van der Waals surface area (Å²) in [6, 6.07) is 4.06. The lowest BCUT2D eigenvalue weighted by Crippen LogP contribution is -2.32. The molecule has 2 aromatic rings. The average Bonchev–Trinajstić information content (AvgIpc) is 2.77. The Bertz CT molecular complexity index is 468. The summed E-state index contributed by atoms with van der Waals surface area (Å²) in [5.74, 6) is 0. The van der Waals surface area contributed by atoms with Crippen LogP contribution in [0.2, 0.25) is 0 Å². The molecule has 0 saturated heterocycles. The molecule has 0 aliphatic carbocycles. The molecule has 2 aromatic heterocycles. The molecular weight excluding hydrogens is 327 g/mol. The van der Waals surface area contributed by atoms with Crippen LogP contribution >= 0.6 is 22.6 Å². The van der Waals surface area contributed by atoms with E-state index in [1.165, 1.54) is 0 Å². The van der Waals surface area contributed by atoms with Crippen LogP contribution in [0.3, 0.4) is 0 Å². The van der Waals surface area contributed by atoms with Crippen LogP contribution in [0.15, 0.2) is 36.9 Å². The van der Waals surface area contributed by atoms with Gasteiger partial charge in [-0.25, -0.2) is 0 Å². The maximum atomic E-state index is 6.20. The molecule has 0 spiro atoms. The molecule has 5 heteroatoms. The van der Waals surface area contributed by atoms with Crippen LogP contribution in [0, 0.1) is 3.57 Å². The van der Waals surface area contributed by atoms with E-state index >= 15 is 0 Å². The number of nitrogens with two attached hydrogens (primary N) is 1. The van der Waals surface area contributed by atoms with Gasteiger partial charge >= 0.3 is 0 Å². The molecule has 0 bridgehead atoms. The van der Waals surface area contributed by atoms with E-state index in [0.29, 0.717) is 0 Å². The van der Waals surface area contributed by atoms with Crippen molar-refractivity contribution in [3.63, 3.8) is 0 Å². The van der Waals surface area contributed by atoms with Gasteiger partial charge in [-0.15, -0.1) is 0 Å². The van der Waals surface area contributed by atoms with Gasteiger partial charge < -0.3 is 5.73 Å². The molecule has 2 heterocycles. The molecule has 2 unspecified atom stereocenters. The van der Waals surface area contributed by atoms with Crippen molar-refractivity contribution in [3.8, 4) is 0 Å². The highest BCUT2D eigenvalue weighted by atomic mass is 127. The predicted molar refractivity (Wildman–Crippen MR) is 75.6 cm³/mol. The van der Waals surface area contributed by atoms with Gasteiger partial charge in [0.05, 0.1) is 15.8 Å². The fourth-order valence-electron chi connectivity index (χ4n) is 1.84. The number of hydrogen-bond donors (Lipinski definition) is 1. The summed E-state index contributed by atoms with van der Waals surface area (Å²) in [4.78, 5) is 4.16. The Hall–Kier alpha value is -0.950. The van der Waals surface area contributed by atoms with E-state index in [4.69, 9.17) is 5.73 Å². The highest BCUT2D eigenvalue weighted by Crippen LogP contribution is 2.22. The van der Waals surface area contributed by atoms with Gasteiger partial charge in [-0.05, 0) is 40.6 Å². The number of halogens is 1. The van der Waals surface area contributed by atoms with E-state index in [1.54, 1.807) is 6.20 Å². The van der Waals surface area contributed by atoms with Crippen LogP contribution in [-0.2, 0) is 0 Å². The van der Waals surface area contributed by atoms with Crippen molar-refractivity contribution in [1.82, 2.24) is 14.8 Å². The highest BCUT2D eigenvalue weighted by Gasteiger charge is 2.21. The van der Waals surface area contributed by atoms with Gasteiger partial charge in [-0.2, -0.15) is 5.10 Å². The van der Waals surface area contributed by atoms with E-state index in [1.807, 2.05) is 35.4 Å². The standard InChI is InChI=1S/C12H15IN4/c1-2-11(14)12(9-4-3-5-15-6-9)17-8-10(13)7-16-17/h3-8,11-12H,2,14H2,1H3. The van der Waals surface area contributed by atoms with Crippen molar-refractivity contribution in [1.29, 1.82) is 0 Å². The molecule has 17 heavy (non-hydrogen) atoms. The van der Waals surface area contributed by atoms with Crippen LogP contribution < -0.4 is 5.73 Å². The van der Waals surface area contributed by atoms with Crippen molar-refractivity contribution in [2.75, 3.05) is 0 Å². The second kappa shape index (κ2) is 5.59. The number of rotatable bonds is 4. The van der Waals surface area contributed by atoms with Gasteiger partial charge in [0.15, 0.2) is 0 Å². The van der Waals surface area contributed by atoms with E-state index < -0.39 is 0 Å². The maximum absolute atomic E-state index is 6.20. The first-order valence-electron chi connectivity index (χ1n) is 5.57. The molecule has 0 aliphatic rings. The minimum absolute atomic E-state index is 0.0369. The van der Waals surface area contributed by atoms with Crippen molar-refractivity contribution < 1.29 is 0 Å². The van der Waals surface area contributed by atoms with Gasteiger partial charge in [0.2, 0.25) is 0 Å². The normalized spacial score (nSPS) is 14.5. The van der Waals surface area contributed by atoms with Gasteiger partial charge in [0.1, 0.15) is 0 Å². The third-order valence-electron chi connectivity index (χ3n) is 2.76. The summed E-state index contributed by atoms with van der Waals surface area (Å²) in [5.41, 5.74) is 7.30. The molecule has 0 amide bonds. The molecule has 0 aromatic carbocycles. The minimum Gasteiger partial charge on any atom is -0.326 e. The van der Waals surface area contributed by atoms with Crippen molar-refractivity contribution in [2.24, 2.45) is 5.73 Å². The fraction of sp³-hybridized carbons (Fsp3) is 0.333. The lowest BCUT2D eigenvalue weighted by Gasteiger charge is -2.23. The second-order valence-corrected chi connectivity index (χ2v) is 5.19. The number of pyridine rings is 1. The first-order valence-corrected chi connectivity index (χ1v) is 6.65. The molecule has 2 rings (SSSR count). The molecular formula is C12H15IN4. The zero-order valence-electron chi connectivity index (χ0n) is 9.62. The Morgan fingerprint density at radius 3 is 2.82 bits per heavy atom. The Kier molecular flexibility index (Phi) is 4.11. The molecule has 4 nitrogen and oxygen atoms in total. The molecule has 0 saturated carbocycles. The highest BCUT2D eigenvalue weighted by molar-refractivity contribution is 14.1. The smallest absolute Gasteiger partial charge is 0.0934 e. The van der Waals surface area contributed by atoms with Gasteiger partial charge in [-0.3, -0.25) is 9.67 Å². The van der Waals surface area contributed by atoms with Crippen molar-refractivity contribution in [2.45, 2.75) is 25.4 Å². The monoisotopic (exact) mass is 342 g/mol. The zero-order valence-corrected chi connectivity index (χ0v) is 11.8. The molecule has 2 N–H and O–H groups in total. The largest absolute Gasteiger partial charge is 0.326 e. The summed E-state index contributed by atoms with van der Waals surface area (Å²) >= 11 is 2.25. The Morgan fingerprint density at radius 2 is 2.29 bits per heavy atom. The van der Waals surface area contributed by atoms with E-state index in [2.05, 4.69) is 39.6 Å². The van der Waals surface area contributed by atoms with Crippen LogP contribution in [0.1, 0.15) is 24.9 Å². The SMILES string of the molecule is CCC(N)C(c1cccnc1)n1cc(I)cn1. The lowest BCUT2D eigenvalue weighted by atomic mass is 10.00. The minimum atomic E-state index is 0.0369. The summed E-state index contributed by atoms with van der Waals surface area (Å²) < 4.78 is 3.03. The Labute approximate surface area is 114 Å². The summed E-state index contributed by atoms with van der Waals surface area (Å²) in [5, 5.41) is 4.36. The van der Waals surface area contributed by atoms with E-state index in [0.717, 1.165) is 15.6 Å². The molecule has 0 fully saturated rings. The quantitative estimate of drug-likeness (QED) is 0.867. The molecule has 0 radical (unpaired) electrons. The molecule has 90 valence electrons. The van der Waals surface area contributed by atoms with Crippen LogP contribution in [-0.4, -0.2) is 20.8 Å². The van der Waals surface area contributed by atoms with Crippen molar-refractivity contribution in [3.05, 3.63) is 46.1 Å². The zero-order chi connectivity index (χ0) is 12.3.